The summed E-state index contributed by atoms with van der Waals surface area (Å²) >= 11 is 0. The van der Waals surface area contributed by atoms with E-state index < -0.39 is 0 Å². The zero-order chi connectivity index (χ0) is 22.1. The lowest BCUT2D eigenvalue weighted by Gasteiger charge is -2.17. The molecule has 1 aliphatic carbocycles. The molecule has 160 valence electrons. The van der Waals surface area contributed by atoms with Gasteiger partial charge in [0, 0.05) is 29.1 Å². The lowest BCUT2D eigenvalue weighted by atomic mass is 10.1. The molecule has 2 aromatic carbocycles. The van der Waals surface area contributed by atoms with E-state index >= 15 is 0 Å². The van der Waals surface area contributed by atoms with Crippen LogP contribution in [-0.2, 0) is 0 Å². The SMILES string of the molecule is Cc1cccc(NC(=O)c2ccc(-c3nc4cccnc4n(C4CCCC4)c3=O)cc2)c1. The van der Waals surface area contributed by atoms with Crippen molar-refractivity contribution in [2.75, 3.05) is 5.32 Å². The molecule has 1 fully saturated rings. The van der Waals surface area contributed by atoms with Gasteiger partial charge in [-0.3, -0.25) is 14.2 Å². The molecule has 0 aliphatic heterocycles. The topological polar surface area (TPSA) is 76.9 Å². The number of nitrogens with zero attached hydrogens (tertiary/aromatic N) is 3. The third-order valence-corrected chi connectivity index (χ3v) is 6.03. The molecule has 1 amide bonds. The van der Waals surface area contributed by atoms with Crippen LogP contribution in [0, 0.1) is 6.92 Å². The Morgan fingerprint density at radius 3 is 2.56 bits per heavy atom. The van der Waals surface area contributed by atoms with Gasteiger partial charge in [0.05, 0.1) is 0 Å². The summed E-state index contributed by atoms with van der Waals surface area (Å²) in [6.07, 6.45) is 5.90. The monoisotopic (exact) mass is 424 g/mol. The molecule has 1 saturated carbocycles. The lowest BCUT2D eigenvalue weighted by Crippen LogP contribution is -2.27. The van der Waals surface area contributed by atoms with Crippen molar-refractivity contribution in [3.05, 3.63) is 88.3 Å². The van der Waals surface area contributed by atoms with Gasteiger partial charge in [0.1, 0.15) is 11.2 Å². The molecule has 0 radical (unpaired) electrons. The highest BCUT2D eigenvalue weighted by atomic mass is 16.1. The molecule has 4 aromatic rings. The molecule has 0 spiro atoms. The molecule has 6 nitrogen and oxygen atoms in total. The van der Waals surface area contributed by atoms with Gasteiger partial charge in [0.2, 0.25) is 0 Å². The number of aryl methyl sites for hydroxylation is 1. The number of amides is 1. The van der Waals surface area contributed by atoms with Gasteiger partial charge in [-0.05, 0) is 61.7 Å². The first-order chi connectivity index (χ1) is 15.6. The third-order valence-electron chi connectivity index (χ3n) is 6.03. The van der Waals surface area contributed by atoms with Gasteiger partial charge in [-0.2, -0.15) is 0 Å². The van der Waals surface area contributed by atoms with E-state index in [-0.39, 0.29) is 17.5 Å². The average molecular weight is 425 g/mol. The number of hydrogen-bond acceptors (Lipinski definition) is 4. The van der Waals surface area contributed by atoms with E-state index in [9.17, 15) is 9.59 Å². The molecule has 1 aliphatic rings. The zero-order valence-electron chi connectivity index (χ0n) is 17.9. The van der Waals surface area contributed by atoms with E-state index in [4.69, 9.17) is 0 Å². The maximum Gasteiger partial charge on any atom is 0.278 e. The second-order valence-corrected chi connectivity index (χ2v) is 8.32. The summed E-state index contributed by atoms with van der Waals surface area (Å²) in [6, 6.07) is 18.6. The predicted octanol–water partition coefficient (Wildman–Crippen LogP) is 5.13. The first-order valence-corrected chi connectivity index (χ1v) is 11.0. The molecule has 32 heavy (non-hydrogen) atoms. The number of hydrogen-bond donors (Lipinski definition) is 1. The minimum atomic E-state index is -0.193. The van der Waals surface area contributed by atoms with Gasteiger partial charge in [-0.1, -0.05) is 37.1 Å². The maximum absolute atomic E-state index is 13.4. The van der Waals surface area contributed by atoms with Crippen molar-refractivity contribution in [1.82, 2.24) is 14.5 Å². The number of anilines is 1. The van der Waals surface area contributed by atoms with Gasteiger partial charge in [0.15, 0.2) is 5.65 Å². The van der Waals surface area contributed by atoms with Crippen LogP contribution in [0.4, 0.5) is 5.69 Å². The first kappa shape index (κ1) is 20.1. The average Bonchev–Trinajstić information content (AvgIpc) is 3.33. The number of carbonyl (C=O) groups is 1. The number of benzene rings is 2. The Kier molecular flexibility index (Phi) is 5.27. The van der Waals surface area contributed by atoms with Gasteiger partial charge in [-0.25, -0.2) is 9.97 Å². The summed E-state index contributed by atoms with van der Waals surface area (Å²) < 4.78 is 1.82. The van der Waals surface area contributed by atoms with E-state index in [2.05, 4.69) is 15.3 Å². The molecule has 0 bridgehead atoms. The molecule has 0 atom stereocenters. The van der Waals surface area contributed by atoms with Crippen LogP contribution in [0.3, 0.4) is 0 Å². The second-order valence-electron chi connectivity index (χ2n) is 8.32. The van der Waals surface area contributed by atoms with Crippen LogP contribution in [0.15, 0.2) is 71.7 Å². The van der Waals surface area contributed by atoms with Crippen LogP contribution in [0.2, 0.25) is 0 Å². The van der Waals surface area contributed by atoms with Crippen molar-refractivity contribution in [2.24, 2.45) is 0 Å². The summed E-state index contributed by atoms with van der Waals surface area (Å²) in [7, 11) is 0. The number of fused-ring (bicyclic) bond motifs is 1. The van der Waals surface area contributed by atoms with Crippen LogP contribution >= 0.6 is 0 Å². The molecule has 2 aromatic heterocycles. The van der Waals surface area contributed by atoms with Crippen molar-refractivity contribution in [1.29, 1.82) is 0 Å². The van der Waals surface area contributed by atoms with Crippen molar-refractivity contribution in [2.45, 2.75) is 38.6 Å². The molecule has 0 unspecified atom stereocenters. The van der Waals surface area contributed by atoms with Crippen molar-refractivity contribution >= 4 is 22.8 Å². The smallest absolute Gasteiger partial charge is 0.278 e. The van der Waals surface area contributed by atoms with Crippen molar-refractivity contribution < 1.29 is 4.79 Å². The number of rotatable bonds is 4. The molecule has 6 heteroatoms. The van der Waals surface area contributed by atoms with Gasteiger partial charge in [0.25, 0.3) is 11.5 Å². The zero-order valence-corrected chi connectivity index (χ0v) is 17.9. The third kappa shape index (κ3) is 3.80. The Labute approximate surface area is 186 Å². The van der Waals surface area contributed by atoms with Crippen LogP contribution in [-0.4, -0.2) is 20.4 Å². The summed E-state index contributed by atoms with van der Waals surface area (Å²) in [5.41, 5.74) is 4.66. The maximum atomic E-state index is 13.4. The van der Waals surface area contributed by atoms with Crippen LogP contribution in [0.5, 0.6) is 0 Å². The fraction of sp³-hybridized carbons (Fsp3) is 0.231. The molecular formula is C26H24N4O2. The quantitative estimate of drug-likeness (QED) is 0.492. The van der Waals surface area contributed by atoms with Crippen molar-refractivity contribution in [3.8, 4) is 11.3 Å². The largest absolute Gasteiger partial charge is 0.322 e. The Morgan fingerprint density at radius 2 is 1.81 bits per heavy atom. The number of nitrogens with one attached hydrogen (secondary N) is 1. The van der Waals surface area contributed by atoms with E-state index in [0.29, 0.717) is 28.0 Å². The van der Waals surface area contributed by atoms with E-state index in [1.165, 1.54) is 0 Å². The van der Waals surface area contributed by atoms with Crippen LogP contribution in [0.25, 0.3) is 22.4 Å². The highest BCUT2D eigenvalue weighted by molar-refractivity contribution is 6.04. The Bertz CT molecular complexity index is 1350. The summed E-state index contributed by atoms with van der Waals surface area (Å²) in [6.45, 7) is 1.98. The highest BCUT2D eigenvalue weighted by Gasteiger charge is 2.23. The fourth-order valence-electron chi connectivity index (χ4n) is 4.43. The predicted molar refractivity (Wildman–Crippen MR) is 126 cm³/mol. The van der Waals surface area contributed by atoms with E-state index in [1.54, 1.807) is 30.5 Å². The number of carbonyl (C=O) groups excluding carboxylic acids is 1. The van der Waals surface area contributed by atoms with E-state index in [1.807, 2.05) is 47.9 Å². The first-order valence-electron chi connectivity index (χ1n) is 11.0. The lowest BCUT2D eigenvalue weighted by molar-refractivity contribution is 0.102. The van der Waals surface area contributed by atoms with Gasteiger partial charge < -0.3 is 5.32 Å². The number of aromatic nitrogens is 3. The van der Waals surface area contributed by atoms with Crippen LogP contribution < -0.4 is 10.9 Å². The van der Waals surface area contributed by atoms with Gasteiger partial charge in [-0.15, -0.1) is 0 Å². The Morgan fingerprint density at radius 1 is 1.03 bits per heavy atom. The molecule has 2 heterocycles. The standard InChI is InChI=1S/C26H24N4O2/c1-17-6-4-7-20(16-17)28-25(31)19-13-11-18(12-14-19)23-26(32)30(21-8-2-3-9-21)24-22(29-23)10-5-15-27-24/h4-7,10-16,21H,2-3,8-9H2,1H3,(H,28,31). The Hall–Kier alpha value is -3.80. The number of pyridine rings is 1. The molecule has 1 N–H and O–H groups in total. The summed E-state index contributed by atoms with van der Waals surface area (Å²) in [4.78, 5) is 35.2. The highest BCUT2D eigenvalue weighted by Crippen LogP contribution is 2.31. The van der Waals surface area contributed by atoms with E-state index in [0.717, 1.165) is 36.9 Å². The van der Waals surface area contributed by atoms with Crippen molar-refractivity contribution in [3.63, 3.8) is 0 Å². The normalized spacial score (nSPS) is 14.0. The minimum Gasteiger partial charge on any atom is -0.322 e. The Balaban J connectivity index is 1.50. The molecule has 0 saturated heterocycles. The van der Waals surface area contributed by atoms with Crippen LogP contribution in [0.1, 0.15) is 47.6 Å². The molecular weight excluding hydrogens is 400 g/mol. The summed E-state index contributed by atoms with van der Waals surface area (Å²) in [5, 5.41) is 2.91. The fourth-order valence-corrected chi connectivity index (χ4v) is 4.43. The second kappa shape index (κ2) is 8.38. The summed E-state index contributed by atoms with van der Waals surface area (Å²) in [5.74, 6) is -0.193. The molecule has 5 rings (SSSR count). The van der Waals surface area contributed by atoms with Gasteiger partial charge >= 0.3 is 0 Å². The minimum absolute atomic E-state index is 0.125.